The Hall–Kier alpha value is -0.980. The van der Waals surface area contributed by atoms with E-state index in [1.807, 2.05) is 6.92 Å². The second-order valence-electron chi connectivity index (χ2n) is 4.88. The second kappa shape index (κ2) is 6.98. The van der Waals surface area contributed by atoms with E-state index in [1.54, 1.807) is 5.38 Å². The summed E-state index contributed by atoms with van der Waals surface area (Å²) >= 11 is 1.48. The third-order valence-corrected chi connectivity index (χ3v) is 4.27. The van der Waals surface area contributed by atoms with Crippen LogP contribution >= 0.6 is 11.3 Å². The van der Waals surface area contributed by atoms with Crippen LogP contribution in [0.15, 0.2) is 5.38 Å². The van der Waals surface area contributed by atoms with E-state index in [2.05, 4.69) is 15.2 Å². The highest BCUT2D eigenvalue weighted by atomic mass is 32.1. The monoisotopic (exact) mass is 283 g/mol. The Morgan fingerprint density at radius 2 is 2.47 bits per heavy atom. The van der Waals surface area contributed by atoms with Crippen molar-refractivity contribution in [1.82, 2.24) is 15.2 Å². The van der Waals surface area contributed by atoms with Gasteiger partial charge >= 0.3 is 0 Å². The third kappa shape index (κ3) is 3.99. The number of aliphatic hydroxyl groups is 1. The molecule has 5 nitrogen and oxygen atoms in total. The Morgan fingerprint density at radius 3 is 3.16 bits per heavy atom. The number of amides is 1. The number of nitrogens with zero attached hydrogens (tertiary/aromatic N) is 2. The van der Waals surface area contributed by atoms with Gasteiger partial charge in [0.2, 0.25) is 0 Å². The summed E-state index contributed by atoms with van der Waals surface area (Å²) in [6, 6.07) is 0.257. The van der Waals surface area contributed by atoms with Gasteiger partial charge in [-0.3, -0.25) is 9.69 Å². The lowest BCUT2D eigenvalue weighted by Crippen LogP contribution is -2.45. The third-order valence-electron chi connectivity index (χ3n) is 3.50. The predicted octanol–water partition coefficient (Wildman–Crippen LogP) is 1.03. The molecule has 1 aliphatic rings. The molecule has 1 aromatic rings. The van der Waals surface area contributed by atoms with E-state index in [0.29, 0.717) is 12.2 Å². The van der Waals surface area contributed by atoms with Crippen molar-refractivity contribution in [3.05, 3.63) is 16.1 Å². The van der Waals surface area contributed by atoms with Crippen molar-refractivity contribution in [2.24, 2.45) is 0 Å². The van der Waals surface area contributed by atoms with Gasteiger partial charge in [0.25, 0.3) is 5.91 Å². The summed E-state index contributed by atoms with van der Waals surface area (Å²) in [6.07, 6.45) is 3.41. The second-order valence-corrected chi connectivity index (χ2v) is 5.94. The first-order chi connectivity index (χ1) is 9.20. The zero-order valence-electron chi connectivity index (χ0n) is 11.3. The van der Waals surface area contributed by atoms with Crippen molar-refractivity contribution in [2.75, 3.05) is 26.2 Å². The summed E-state index contributed by atoms with van der Waals surface area (Å²) in [4.78, 5) is 18.2. The van der Waals surface area contributed by atoms with Crippen LogP contribution in [-0.4, -0.2) is 53.2 Å². The number of aromatic nitrogens is 1. The molecule has 0 saturated carbocycles. The highest BCUT2D eigenvalue weighted by Crippen LogP contribution is 2.15. The van der Waals surface area contributed by atoms with E-state index in [0.717, 1.165) is 24.5 Å². The molecule has 1 aromatic heterocycles. The van der Waals surface area contributed by atoms with Crippen LogP contribution in [0, 0.1) is 6.92 Å². The minimum absolute atomic E-state index is 0.109. The van der Waals surface area contributed by atoms with Crippen molar-refractivity contribution in [2.45, 2.75) is 32.2 Å². The lowest BCUT2D eigenvalue weighted by molar-refractivity contribution is 0.0847. The number of rotatable bonds is 5. The topological polar surface area (TPSA) is 65.5 Å². The molecule has 1 aliphatic heterocycles. The Bertz CT molecular complexity index is 422. The number of aryl methyl sites for hydroxylation is 1. The molecule has 1 saturated heterocycles. The molecule has 1 unspecified atom stereocenters. The molecular weight excluding hydrogens is 262 g/mol. The molecule has 0 aromatic carbocycles. The van der Waals surface area contributed by atoms with Gasteiger partial charge < -0.3 is 10.4 Å². The summed E-state index contributed by atoms with van der Waals surface area (Å²) in [6.45, 7) is 4.50. The average molecular weight is 283 g/mol. The molecule has 1 atom stereocenters. The fourth-order valence-electron chi connectivity index (χ4n) is 2.43. The van der Waals surface area contributed by atoms with Gasteiger partial charge in [0.1, 0.15) is 5.69 Å². The number of hydrogen-bond acceptors (Lipinski definition) is 5. The first-order valence-electron chi connectivity index (χ1n) is 6.76. The van der Waals surface area contributed by atoms with Crippen molar-refractivity contribution in [1.29, 1.82) is 0 Å². The Labute approximate surface area is 117 Å². The molecular formula is C13H21N3O2S. The molecule has 2 N–H and O–H groups in total. The van der Waals surface area contributed by atoms with Gasteiger partial charge in [-0.15, -0.1) is 11.3 Å². The zero-order valence-corrected chi connectivity index (χ0v) is 12.1. The van der Waals surface area contributed by atoms with Gasteiger partial charge in [-0.25, -0.2) is 4.98 Å². The maximum absolute atomic E-state index is 11.8. The summed E-state index contributed by atoms with van der Waals surface area (Å²) in [5.74, 6) is -0.109. The van der Waals surface area contributed by atoms with Crippen LogP contribution in [0.25, 0.3) is 0 Å². The van der Waals surface area contributed by atoms with Crippen LogP contribution in [0.3, 0.4) is 0 Å². The van der Waals surface area contributed by atoms with Crippen molar-refractivity contribution < 1.29 is 9.90 Å². The number of piperidine rings is 1. The molecule has 0 bridgehead atoms. The minimum atomic E-state index is -0.109. The van der Waals surface area contributed by atoms with Gasteiger partial charge in [0.15, 0.2) is 0 Å². The number of hydrogen-bond donors (Lipinski definition) is 2. The highest BCUT2D eigenvalue weighted by Gasteiger charge is 2.21. The van der Waals surface area contributed by atoms with Crippen LogP contribution in [0.2, 0.25) is 0 Å². The van der Waals surface area contributed by atoms with E-state index >= 15 is 0 Å². The maximum Gasteiger partial charge on any atom is 0.270 e. The number of carbonyl (C=O) groups is 1. The summed E-state index contributed by atoms with van der Waals surface area (Å²) in [7, 11) is 0. The normalized spacial score (nSPS) is 20.4. The molecule has 19 heavy (non-hydrogen) atoms. The molecule has 1 amide bonds. The fourth-order valence-corrected chi connectivity index (χ4v) is 3.03. The van der Waals surface area contributed by atoms with E-state index < -0.39 is 0 Å². The minimum Gasteiger partial charge on any atom is -0.395 e. The number of likely N-dealkylation sites (tertiary alicyclic amines) is 1. The van der Waals surface area contributed by atoms with E-state index in [1.165, 1.54) is 24.2 Å². The summed E-state index contributed by atoms with van der Waals surface area (Å²) in [5, 5.41) is 14.9. The molecule has 0 spiro atoms. The van der Waals surface area contributed by atoms with E-state index in [-0.39, 0.29) is 18.6 Å². The number of aliphatic hydroxyl groups excluding tert-OH is 1. The standard InChI is InChI=1S/C13H21N3O2S/c1-10-15-12(9-19-10)13(18)14-5-7-16-6-3-2-4-11(16)8-17/h9,11,17H,2-8H2,1H3,(H,14,18). The predicted molar refractivity (Wildman–Crippen MR) is 75.5 cm³/mol. The smallest absolute Gasteiger partial charge is 0.270 e. The van der Waals surface area contributed by atoms with Crippen LogP contribution in [0.4, 0.5) is 0 Å². The number of nitrogens with one attached hydrogen (secondary N) is 1. The molecule has 0 aliphatic carbocycles. The maximum atomic E-state index is 11.8. The van der Waals surface area contributed by atoms with E-state index in [4.69, 9.17) is 0 Å². The SMILES string of the molecule is Cc1nc(C(=O)NCCN2CCCCC2CO)cs1. The Morgan fingerprint density at radius 1 is 1.63 bits per heavy atom. The highest BCUT2D eigenvalue weighted by molar-refractivity contribution is 7.09. The van der Waals surface area contributed by atoms with Crippen LogP contribution < -0.4 is 5.32 Å². The molecule has 2 heterocycles. The van der Waals surface area contributed by atoms with Crippen LogP contribution in [-0.2, 0) is 0 Å². The lowest BCUT2D eigenvalue weighted by Gasteiger charge is -2.34. The van der Waals surface area contributed by atoms with Gasteiger partial charge in [0.05, 0.1) is 11.6 Å². The molecule has 6 heteroatoms. The lowest BCUT2D eigenvalue weighted by atomic mass is 10.0. The molecule has 0 radical (unpaired) electrons. The number of thiazole rings is 1. The van der Waals surface area contributed by atoms with Crippen molar-refractivity contribution in [3.63, 3.8) is 0 Å². The number of carbonyl (C=O) groups excluding carboxylic acids is 1. The average Bonchev–Trinajstić information content (AvgIpc) is 2.86. The van der Waals surface area contributed by atoms with Crippen LogP contribution in [0.5, 0.6) is 0 Å². The summed E-state index contributed by atoms with van der Waals surface area (Å²) in [5.41, 5.74) is 0.500. The molecule has 106 valence electrons. The van der Waals surface area contributed by atoms with Crippen molar-refractivity contribution >= 4 is 17.2 Å². The molecule has 1 fully saturated rings. The van der Waals surface area contributed by atoms with Gasteiger partial charge in [-0.2, -0.15) is 0 Å². The molecule has 2 rings (SSSR count). The largest absolute Gasteiger partial charge is 0.395 e. The first kappa shape index (κ1) is 14.4. The van der Waals surface area contributed by atoms with Gasteiger partial charge in [0, 0.05) is 24.5 Å². The van der Waals surface area contributed by atoms with Crippen LogP contribution in [0.1, 0.15) is 34.8 Å². The van der Waals surface area contributed by atoms with Gasteiger partial charge in [-0.05, 0) is 26.3 Å². The zero-order chi connectivity index (χ0) is 13.7. The fraction of sp³-hybridized carbons (Fsp3) is 0.692. The van der Waals surface area contributed by atoms with E-state index in [9.17, 15) is 9.90 Å². The summed E-state index contributed by atoms with van der Waals surface area (Å²) < 4.78 is 0. The Kier molecular flexibility index (Phi) is 5.30. The Balaban J connectivity index is 1.75. The quantitative estimate of drug-likeness (QED) is 0.847. The van der Waals surface area contributed by atoms with Gasteiger partial charge in [-0.1, -0.05) is 6.42 Å². The van der Waals surface area contributed by atoms with Crippen molar-refractivity contribution in [3.8, 4) is 0 Å². The first-order valence-corrected chi connectivity index (χ1v) is 7.64.